The van der Waals surface area contributed by atoms with Crippen LogP contribution >= 0.6 is 11.6 Å². The molecular weight excluding hydrogens is 265 g/mol. The van der Waals surface area contributed by atoms with Crippen molar-refractivity contribution in [2.45, 2.75) is 25.8 Å². The predicted octanol–water partition coefficient (Wildman–Crippen LogP) is 4.14. The Morgan fingerprint density at radius 3 is 2.68 bits per heavy atom. The summed E-state index contributed by atoms with van der Waals surface area (Å²) in [5.74, 6) is 1.46. The molecule has 1 atom stereocenters. The number of hydrogen-bond donors (Lipinski definition) is 1. The van der Waals surface area contributed by atoms with Crippen molar-refractivity contribution in [3.05, 3.63) is 58.3 Å². The number of nitrogens with one attached hydrogen (secondary N) is 1. The molecular formula is C15H17ClFNO. The lowest BCUT2D eigenvalue weighted by Gasteiger charge is -2.14. The standard InChI is InChI=1S/C15H17ClFNO/c1-3-11-5-7-15(19-11)14(18-2)9-10-4-6-13(17)12(16)8-10/h4-8,14,18H,3,9H2,1-2H3. The van der Waals surface area contributed by atoms with Crippen LogP contribution in [0.1, 0.15) is 30.0 Å². The van der Waals surface area contributed by atoms with E-state index in [0.717, 1.165) is 23.5 Å². The van der Waals surface area contributed by atoms with E-state index in [0.29, 0.717) is 6.42 Å². The predicted molar refractivity (Wildman–Crippen MR) is 75.0 cm³/mol. The van der Waals surface area contributed by atoms with Crippen LogP contribution in [0.2, 0.25) is 5.02 Å². The van der Waals surface area contributed by atoms with Crippen LogP contribution in [0.3, 0.4) is 0 Å². The zero-order chi connectivity index (χ0) is 13.8. The molecule has 19 heavy (non-hydrogen) atoms. The lowest BCUT2D eigenvalue weighted by Crippen LogP contribution is -2.18. The summed E-state index contributed by atoms with van der Waals surface area (Å²) in [6.07, 6.45) is 1.58. The highest BCUT2D eigenvalue weighted by Gasteiger charge is 2.15. The molecule has 0 bridgehead atoms. The van der Waals surface area contributed by atoms with E-state index in [1.54, 1.807) is 12.1 Å². The SMILES string of the molecule is CCc1ccc(C(Cc2ccc(F)c(Cl)c2)NC)o1. The summed E-state index contributed by atoms with van der Waals surface area (Å²) in [6, 6.07) is 8.81. The number of rotatable bonds is 5. The van der Waals surface area contributed by atoms with E-state index in [4.69, 9.17) is 16.0 Å². The zero-order valence-electron chi connectivity index (χ0n) is 11.0. The van der Waals surface area contributed by atoms with Crippen molar-refractivity contribution in [2.24, 2.45) is 0 Å². The first-order valence-electron chi connectivity index (χ1n) is 6.33. The van der Waals surface area contributed by atoms with Gasteiger partial charge < -0.3 is 9.73 Å². The first-order chi connectivity index (χ1) is 9.13. The molecule has 0 fully saturated rings. The van der Waals surface area contributed by atoms with Gasteiger partial charge in [-0.05, 0) is 43.3 Å². The molecule has 1 N–H and O–H groups in total. The van der Waals surface area contributed by atoms with Crippen molar-refractivity contribution in [3.63, 3.8) is 0 Å². The average Bonchev–Trinajstić information content (AvgIpc) is 2.88. The molecule has 0 amide bonds. The molecule has 2 rings (SSSR count). The minimum Gasteiger partial charge on any atom is -0.464 e. The summed E-state index contributed by atoms with van der Waals surface area (Å²) in [5.41, 5.74) is 0.972. The molecule has 0 saturated carbocycles. The van der Waals surface area contributed by atoms with Crippen LogP contribution in [-0.4, -0.2) is 7.05 Å². The molecule has 1 aromatic heterocycles. The fourth-order valence-corrected chi connectivity index (χ4v) is 2.22. The third-order valence-electron chi connectivity index (χ3n) is 3.15. The number of furan rings is 1. The first-order valence-corrected chi connectivity index (χ1v) is 6.71. The van der Waals surface area contributed by atoms with E-state index in [1.165, 1.54) is 6.07 Å². The van der Waals surface area contributed by atoms with Gasteiger partial charge >= 0.3 is 0 Å². The third kappa shape index (κ3) is 3.37. The van der Waals surface area contributed by atoms with Gasteiger partial charge in [0.05, 0.1) is 11.1 Å². The van der Waals surface area contributed by atoms with Crippen molar-refractivity contribution >= 4 is 11.6 Å². The maximum Gasteiger partial charge on any atom is 0.141 e. The Balaban J connectivity index is 2.16. The topological polar surface area (TPSA) is 25.2 Å². The molecule has 2 nitrogen and oxygen atoms in total. The smallest absolute Gasteiger partial charge is 0.141 e. The summed E-state index contributed by atoms with van der Waals surface area (Å²) in [6.45, 7) is 2.05. The Labute approximate surface area is 117 Å². The molecule has 0 aliphatic heterocycles. The average molecular weight is 282 g/mol. The van der Waals surface area contributed by atoms with Crippen molar-refractivity contribution in [3.8, 4) is 0 Å². The quantitative estimate of drug-likeness (QED) is 0.891. The summed E-state index contributed by atoms with van der Waals surface area (Å²) >= 11 is 5.79. The fraction of sp³-hybridized carbons (Fsp3) is 0.333. The van der Waals surface area contributed by atoms with Crippen molar-refractivity contribution in [1.29, 1.82) is 0 Å². The lowest BCUT2D eigenvalue weighted by atomic mass is 10.0. The normalized spacial score (nSPS) is 12.6. The molecule has 1 unspecified atom stereocenters. The van der Waals surface area contributed by atoms with Gasteiger partial charge in [0.2, 0.25) is 0 Å². The minimum absolute atomic E-state index is 0.0572. The highest BCUT2D eigenvalue weighted by atomic mass is 35.5. The number of likely N-dealkylation sites (N-methyl/N-ethyl adjacent to an activating group) is 1. The van der Waals surface area contributed by atoms with Crippen LogP contribution in [-0.2, 0) is 12.8 Å². The Morgan fingerprint density at radius 1 is 1.32 bits per heavy atom. The van der Waals surface area contributed by atoms with Gasteiger partial charge in [0.1, 0.15) is 17.3 Å². The summed E-state index contributed by atoms with van der Waals surface area (Å²) in [4.78, 5) is 0. The zero-order valence-corrected chi connectivity index (χ0v) is 11.8. The highest BCUT2D eigenvalue weighted by Crippen LogP contribution is 2.23. The fourth-order valence-electron chi connectivity index (χ4n) is 2.02. The van der Waals surface area contributed by atoms with E-state index in [2.05, 4.69) is 12.2 Å². The van der Waals surface area contributed by atoms with E-state index < -0.39 is 5.82 Å². The molecule has 4 heteroatoms. The Kier molecular flexibility index (Phi) is 4.61. The summed E-state index contributed by atoms with van der Waals surface area (Å²) in [7, 11) is 1.88. The molecule has 0 spiro atoms. The van der Waals surface area contributed by atoms with Gasteiger partial charge in [-0.3, -0.25) is 0 Å². The number of benzene rings is 1. The maximum atomic E-state index is 13.1. The van der Waals surface area contributed by atoms with E-state index in [-0.39, 0.29) is 11.1 Å². The van der Waals surface area contributed by atoms with Gasteiger partial charge in [-0.15, -0.1) is 0 Å². The third-order valence-corrected chi connectivity index (χ3v) is 3.44. The number of hydrogen-bond acceptors (Lipinski definition) is 2. The molecule has 102 valence electrons. The number of halogens is 2. The van der Waals surface area contributed by atoms with Gasteiger partial charge in [-0.1, -0.05) is 24.6 Å². The Morgan fingerprint density at radius 2 is 2.11 bits per heavy atom. The molecule has 0 aliphatic rings. The van der Waals surface area contributed by atoms with Crippen molar-refractivity contribution in [1.82, 2.24) is 5.32 Å². The first kappa shape index (κ1) is 14.1. The summed E-state index contributed by atoms with van der Waals surface area (Å²) < 4.78 is 18.9. The van der Waals surface area contributed by atoms with Crippen LogP contribution in [0.25, 0.3) is 0 Å². The largest absolute Gasteiger partial charge is 0.464 e. The maximum absolute atomic E-state index is 13.1. The molecule has 1 aromatic carbocycles. The van der Waals surface area contributed by atoms with Crippen LogP contribution < -0.4 is 5.32 Å². The second kappa shape index (κ2) is 6.22. The van der Waals surface area contributed by atoms with E-state index in [9.17, 15) is 4.39 Å². The molecule has 2 aromatic rings. The Bertz CT molecular complexity index is 553. The highest BCUT2D eigenvalue weighted by molar-refractivity contribution is 6.30. The second-order valence-electron chi connectivity index (χ2n) is 4.45. The van der Waals surface area contributed by atoms with Crippen LogP contribution in [0.15, 0.2) is 34.7 Å². The van der Waals surface area contributed by atoms with Crippen molar-refractivity contribution < 1.29 is 8.81 Å². The van der Waals surface area contributed by atoms with Crippen LogP contribution in [0, 0.1) is 5.82 Å². The van der Waals surface area contributed by atoms with Crippen LogP contribution in [0.4, 0.5) is 4.39 Å². The Hall–Kier alpha value is -1.32. The van der Waals surface area contributed by atoms with Gasteiger partial charge in [0.25, 0.3) is 0 Å². The lowest BCUT2D eigenvalue weighted by molar-refractivity contribution is 0.407. The summed E-state index contributed by atoms with van der Waals surface area (Å²) in [5, 5.41) is 3.36. The van der Waals surface area contributed by atoms with E-state index in [1.807, 2.05) is 19.2 Å². The number of aryl methyl sites for hydroxylation is 1. The van der Waals surface area contributed by atoms with Gasteiger partial charge in [0, 0.05) is 6.42 Å². The van der Waals surface area contributed by atoms with E-state index >= 15 is 0 Å². The monoisotopic (exact) mass is 281 g/mol. The minimum atomic E-state index is -0.391. The van der Waals surface area contributed by atoms with Gasteiger partial charge in [-0.2, -0.15) is 0 Å². The molecule has 0 radical (unpaired) electrons. The van der Waals surface area contributed by atoms with Gasteiger partial charge in [-0.25, -0.2) is 4.39 Å². The second-order valence-corrected chi connectivity index (χ2v) is 4.86. The molecule has 0 aliphatic carbocycles. The van der Waals surface area contributed by atoms with Crippen molar-refractivity contribution in [2.75, 3.05) is 7.05 Å². The molecule has 1 heterocycles. The van der Waals surface area contributed by atoms with Gasteiger partial charge in [0.15, 0.2) is 0 Å². The van der Waals surface area contributed by atoms with Crippen LogP contribution in [0.5, 0.6) is 0 Å². The molecule has 0 saturated heterocycles.